The zero-order valence-corrected chi connectivity index (χ0v) is 22.4. The molecular formula is C32H35ClN2O3. The maximum atomic E-state index is 12.6. The summed E-state index contributed by atoms with van der Waals surface area (Å²) in [5.74, 6) is 0.714. The summed E-state index contributed by atoms with van der Waals surface area (Å²) in [6.07, 6.45) is 7.01. The molecule has 1 fully saturated rings. The molecule has 6 rings (SSSR count). The minimum atomic E-state index is -0.983. The van der Waals surface area contributed by atoms with Gasteiger partial charge in [-0.15, -0.1) is 0 Å². The van der Waals surface area contributed by atoms with Crippen molar-refractivity contribution in [2.75, 3.05) is 23.8 Å². The average molecular weight is 531 g/mol. The van der Waals surface area contributed by atoms with Crippen molar-refractivity contribution in [2.24, 2.45) is 5.92 Å². The van der Waals surface area contributed by atoms with E-state index in [2.05, 4.69) is 53.1 Å². The van der Waals surface area contributed by atoms with E-state index in [1.807, 2.05) is 24.3 Å². The highest BCUT2D eigenvalue weighted by atomic mass is 35.5. The lowest BCUT2D eigenvalue weighted by Gasteiger charge is -2.47. The van der Waals surface area contributed by atoms with Crippen molar-refractivity contribution in [1.82, 2.24) is 0 Å². The Morgan fingerprint density at radius 2 is 1.87 bits per heavy atom. The lowest BCUT2D eigenvalue weighted by Crippen LogP contribution is -2.53. The van der Waals surface area contributed by atoms with Gasteiger partial charge in [0.2, 0.25) is 0 Å². The van der Waals surface area contributed by atoms with E-state index in [-0.39, 0.29) is 5.41 Å². The van der Waals surface area contributed by atoms with E-state index < -0.39 is 11.5 Å². The number of aliphatic carboxylic acids is 1. The third kappa shape index (κ3) is 4.51. The second kappa shape index (κ2) is 10.2. The molecule has 1 heterocycles. The van der Waals surface area contributed by atoms with E-state index in [9.17, 15) is 9.90 Å². The zero-order chi connectivity index (χ0) is 26.2. The Kier molecular flexibility index (Phi) is 6.73. The molecule has 1 atom stereocenters. The van der Waals surface area contributed by atoms with Crippen LogP contribution in [0.4, 0.5) is 11.4 Å². The van der Waals surface area contributed by atoms with Crippen LogP contribution in [0.1, 0.15) is 55.2 Å². The van der Waals surface area contributed by atoms with Gasteiger partial charge in [-0.3, -0.25) is 0 Å². The fraction of sp³-hybridized carbons (Fsp3) is 0.406. The van der Waals surface area contributed by atoms with Crippen molar-refractivity contribution in [1.29, 1.82) is 0 Å². The lowest BCUT2D eigenvalue weighted by molar-refractivity contribution is -0.144. The van der Waals surface area contributed by atoms with Crippen LogP contribution in [0.3, 0.4) is 0 Å². The fourth-order valence-electron chi connectivity index (χ4n) is 7.24. The first-order valence-electron chi connectivity index (χ1n) is 13.8. The van der Waals surface area contributed by atoms with Crippen molar-refractivity contribution < 1.29 is 14.6 Å². The second-order valence-corrected chi connectivity index (χ2v) is 11.6. The Hall–Kier alpha value is -3.18. The predicted octanol–water partition coefficient (Wildman–Crippen LogP) is 7.09. The highest BCUT2D eigenvalue weighted by Crippen LogP contribution is 2.55. The average Bonchev–Trinajstić information content (AvgIpc) is 3.52. The summed E-state index contributed by atoms with van der Waals surface area (Å²) in [6.45, 7) is 1.68. The SMILES string of the molecule is O=C(O)C1(Nc2cccc(Cl)c2)CCC2(CC1)c1ccccc1CC2CCCOc1cccc2c1CCN2. The number of nitrogens with one attached hydrogen (secondary N) is 2. The van der Waals surface area contributed by atoms with Crippen LogP contribution in [0.25, 0.3) is 0 Å². The van der Waals surface area contributed by atoms with Gasteiger partial charge < -0.3 is 20.5 Å². The van der Waals surface area contributed by atoms with Crippen LogP contribution < -0.4 is 15.4 Å². The number of benzene rings is 3. The molecule has 0 radical (unpaired) electrons. The van der Waals surface area contributed by atoms with Crippen molar-refractivity contribution >= 4 is 28.9 Å². The number of carboxylic acid groups (broad SMARTS) is 1. The summed E-state index contributed by atoms with van der Waals surface area (Å²) in [6, 6.07) is 22.4. The van der Waals surface area contributed by atoms with E-state index >= 15 is 0 Å². The molecule has 1 unspecified atom stereocenters. The number of ether oxygens (including phenoxy) is 1. The highest BCUT2D eigenvalue weighted by Gasteiger charge is 2.53. The van der Waals surface area contributed by atoms with E-state index in [0.717, 1.165) is 56.5 Å². The summed E-state index contributed by atoms with van der Waals surface area (Å²) in [7, 11) is 0. The molecule has 1 saturated carbocycles. The number of carboxylic acids is 1. The maximum absolute atomic E-state index is 12.6. The van der Waals surface area contributed by atoms with E-state index in [0.29, 0.717) is 30.4 Å². The Morgan fingerprint density at radius 3 is 2.68 bits per heavy atom. The molecule has 0 bridgehead atoms. The molecule has 3 aliphatic rings. The number of fused-ring (bicyclic) bond motifs is 3. The van der Waals surface area contributed by atoms with Gasteiger partial charge in [0.05, 0.1) is 6.61 Å². The fourth-order valence-corrected chi connectivity index (χ4v) is 7.43. The Labute approximate surface area is 229 Å². The van der Waals surface area contributed by atoms with E-state index in [4.69, 9.17) is 16.3 Å². The van der Waals surface area contributed by atoms with Gasteiger partial charge in [-0.25, -0.2) is 4.79 Å². The smallest absolute Gasteiger partial charge is 0.329 e. The van der Waals surface area contributed by atoms with Crippen molar-refractivity contribution in [3.05, 3.63) is 88.4 Å². The van der Waals surface area contributed by atoms with Crippen LogP contribution in [-0.4, -0.2) is 29.8 Å². The van der Waals surface area contributed by atoms with Crippen LogP contribution in [0, 0.1) is 5.92 Å². The standard InChI is InChI=1S/C32H35ClN2O3/c33-24-8-3-9-25(21-24)35-32(30(36)37)16-14-31(15-17-32)23(20-22-6-1-2-10-27(22)31)7-5-19-38-29-12-4-11-28-26(29)13-18-34-28/h1-4,6,8-12,21,23,34-35H,5,7,13-20H2,(H,36,37). The molecule has 38 heavy (non-hydrogen) atoms. The highest BCUT2D eigenvalue weighted by molar-refractivity contribution is 6.30. The molecule has 0 amide bonds. The largest absolute Gasteiger partial charge is 0.493 e. The van der Waals surface area contributed by atoms with Crippen LogP contribution in [0.5, 0.6) is 5.75 Å². The third-order valence-corrected chi connectivity index (χ3v) is 9.43. The second-order valence-electron chi connectivity index (χ2n) is 11.2. The minimum Gasteiger partial charge on any atom is -0.493 e. The zero-order valence-electron chi connectivity index (χ0n) is 21.6. The van der Waals surface area contributed by atoms with Gasteiger partial charge >= 0.3 is 5.97 Å². The molecule has 3 aromatic carbocycles. The topological polar surface area (TPSA) is 70.6 Å². The normalized spacial score (nSPS) is 25.4. The number of hydrogen-bond acceptors (Lipinski definition) is 4. The summed E-state index contributed by atoms with van der Waals surface area (Å²) >= 11 is 6.19. The number of anilines is 2. The van der Waals surface area contributed by atoms with Crippen molar-refractivity contribution in [3.63, 3.8) is 0 Å². The summed E-state index contributed by atoms with van der Waals surface area (Å²) in [4.78, 5) is 12.6. The predicted molar refractivity (Wildman–Crippen MR) is 153 cm³/mol. The Bertz CT molecular complexity index is 1330. The van der Waals surface area contributed by atoms with Crippen LogP contribution in [0.2, 0.25) is 5.02 Å². The molecular weight excluding hydrogens is 496 g/mol. The van der Waals surface area contributed by atoms with Gasteiger partial charge in [-0.1, -0.05) is 48.0 Å². The van der Waals surface area contributed by atoms with Crippen LogP contribution in [0.15, 0.2) is 66.7 Å². The number of halogens is 1. The molecule has 0 aromatic heterocycles. The summed E-state index contributed by atoms with van der Waals surface area (Å²) in [5, 5.41) is 17.7. The van der Waals surface area contributed by atoms with Gasteiger partial charge in [0.15, 0.2) is 0 Å². The molecule has 1 aliphatic heterocycles. The van der Waals surface area contributed by atoms with Gasteiger partial charge in [-0.05, 0) is 104 Å². The molecule has 198 valence electrons. The summed E-state index contributed by atoms with van der Waals surface area (Å²) < 4.78 is 6.26. The molecule has 1 spiro atoms. The van der Waals surface area contributed by atoms with Crippen molar-refractivity contribution in [2.45, 2.75) is 62.3 Å². The molecule has 3 aromatic rings. The monoisotopic (exact) mass is 530 g/mol. The van der Waals surface area contributed by atoms with Gasteiger partial charge in [0.25, 0.3) is 0 Å². The van der Waals surface area contributed by atoms with E-state index in [1.165, 1.54) is 22.4 Å². The quantitative estimate of drug-likeness (QED) is 0.271. The van der Waals surface area contributed by atoms with Crippen LogP contribution >= 0.6 is 11.6 Å². The maximum Gasteiger partial charge on any atom is 0.329 e. The van der Waals surface area contributed by atoms with E-state index in [1.54, 1.807) is 0 Å². The van der Waals surface area contributed by atoms with Crippen molar-refractivity contribution in [3.8, 4) is 5.75 Å². The van der Waals surface area contributed by atoms with Gasteiger partial charge in [0, 0.05) is 28.5 Å². The first-order chi connectivity index (χ1) is 18.5. The van der Waals surface area contributed by atoms with Gasteiger partial charge in [-0.2, -0.15) is 0 Å². The first kappa shape index (κ1) is 25.1. The number of carbonyl (C=O) groups is 1. The van der Waals surface area contributed by atoms with Gasteiger partial charge in [0.1, 0.15) is 11.3 Å². The number of rotatable bonds is 8. The molecule has 5 nitrogen and oxygen atoms in total. The van der Waals surface area contributed by atoms with Crippen LogP contribution in [-0.2, 0) is 23.1 Å². The molecule has 6 heteroatoms. The third-order valence-electron chi connectivity index (χ3n) is 9.19. The lowest BCUT2D eigenvalue weighted by atomic mass is 9.60. The summed E-state index contributed by atoms with van der Waals surface area (Å²) in [5.41, 5.74) is 5.14. The molecule has 2 aliphatic carbocycles. The minimum absolute atomic E-state index is 0.0173. The Morgan fingerprint density at radius 1 is 1.05 bits per heavy atom. The first-order valence-corrected chi connectivity index (χ1v) is 14.2. The molecule has 0 saturated heterocycles. The molecule has 3 N–H and O–H groups in total. The Balaban J connectivity index is 1.17. The number of hydrogen-bond donors (Lipinski definition) is 3.